The number of piperazine rings is 1. The summed E-state index contributed by atoms with van der Waals surface area (Å²) in [7, 11) is 2.06. The van der Waals surface area contributed by atoms with Crippen molar-refractivity contribution in [3.8, 4) is 0 Å². The van der Waals surface area contributed by atoms with E-state index in [1.54, 1.807) is 12.3 Å². The quantitative estimate of drug-likeness (QED) is 0.714. The van der Waals surface area contributed by atoms with Crippen molar-refractivity contribution in [2.45, 2.75) is 12.6 Å². The number of amides is 1. The second kappa shape index (κ2) is 7.32. The van der Waals surface area contributed by atoms with Crippen LogP contribution in [0.1, 0.15) is 11.6 Å². The van der Waals surface area contributed by atoms with Crippen LogP contribution in [0.2, 0.25) is 0 Å². The highest BCUT2D eigenvalue weighted by Gasteiger charge is 2.30. The maximum atomic E-state index is 13.1. The number of likely N-dealkylation sites (N-methyl/N-ethyl adjacent to an activating group) is 1. The molecule has 4 rings (SSSR count). The standard InChI is InChI=1S/C21H22N4O2/c1-23-11-12-24(19(14-23)16-7-3-2-4-8-16)20(26)15-25-21(27)18-10-6-5-9-17(18)13-22-25/h2-10,13,19H,11-12,14-15H2,1H3/t19-/m0/s1. The first kappa shape index (κ1) is 17.4. The van der Waals surface area contributed by atoms with E-state index in [1.807, 2.05) is 53.4 Å². The van der Waals surface area contributed by atoms with Gasteiger partial charge in [-0.3, -0.25) is 9.59 Å². The van der Waals surface area contributed by atoms with Gasteiger partial charge in [-0.15, -0.1) is 0 Å². The Morgan fingerprint density at radius 3 is 2.63 bits per heavy atom. The predicted molar refractivity (Wildman–Crippen MR) is 104 cm³/mol. The van der Waals surface area contributed by atoms with Crippen molar-refractivity contribution >= 4 is 16.7 Å². The summed E-state index contributed by atoms with van der Waals surface area (Å²) >= 11 is 0. The Bertz CT molecular complexity index is 1020. The highest BCUT2D eigenvalue weighted by Crippen LogP contribution is 2.25. The van der Waals surface area contributed by atoms with Crippen LogP contribution in [0.15, 0.2) is 65.6 Å². The minimum atomic E-state index is -0.230. The molecular weight excluding hydrogens is 340 g/mol. The molecule has 1 fully saturated rings. The van der Waals surface area contributed by atoms with Crippen LogP contribution in [0.25, 0.3) is 10.8 Å². The summed E-state index contributed by atoms with van der Waals surface area (Å²) in [6.07, 6.45) is 1.64. The third-order valence-corrected chi connectivity index (χ3v) is 5.14. The van der Waals surface area contributed by atoms with Gasteiger partial charge in [0, 0.05) is 25.0 Å². The number of fused-ring (bicyclic) bond motifs is 1. The minimum Gasteiger partial charge on any atom is -0.331 e. The average Bonchev–Trinajstić information content (AvgIpc) is 2.71. The van der Waals surface area contributed by atoms with Crippen molar-refractivity contribution in [3.63, 3.8) is 0 Å². The van der Waals surface area contributed by atoms with Gasteiger partial charge in [-0.25, -0.2) is 4.68 Å². The van der Waals surface area contributed by atoms with E-state index in [1.165, 1.54) is 4.68 Å². The monoisotopic (exact) mass is 362 g/mol. The fourth-order valence-corrected chi connectivity index (χ4v) is 3.64. The van der Waals surface area contributed by atoms with Crippen molar-refractivity contribution in [2.24, 2.45) is 0 Å². The van der Waals surface area contributed by atoms with Crippen LogP contribution in [0, 0.1) is 0 Å². The van der Waals surface area contributed by atoms with Crippen molar-refractivity contribution in [2.75, 3.05) is 26.7 Å². The summed E-state index contributed by atoms with van der Waals surface area (Å²) in [5, 5.41) is 5.57. The van der Waals surface area contributed by atoms with Crippen LogP contribution in [-0.4, -0.2) is 52.2 Å². The maximum absolute atomic E-state index is 13.1. The lowest BCUT2D eigenvalue weighted by Crippen LogP contribution is -2.50. The van der Waals surface area contributed by atoms with Crippen LogP contribution in [0.4, 0.5) is 0 Å². The molecule has 1 aliphatic rings. The van der Waals surface area contributed by atoms with E-state index in [0.717, 1.165) is 24.0 Å². The summed E-state index contributed by atoms with van der Waals surface area (Å²) in [6, 6.07) is 17.3. The topological polar surface area (TPSA) is 58.4 Å². The van der Waals surface area contributed by atoms with Gasteiger partial charge in [-0.1, -0.05) is 48.5 Å². The molecule has 1 saturated heterocycles. The molecule has 1 amide bonds. The Labute approximate surface area is 157 Å². The third-order valence-electron chi connectivity index (χ3n) is 5.14. The Hall–Kier alpha value is -2.99. The van der Waals surface area contributed by atoms with E-state index >= 15 is 0 Å². The van der Waals surface area contributed by atoms with Crippen molar-refractivity contribution in [1.82, 2.24) is 19.6 Å². The predicted octanol–water partition coefficient (Wildman–Crippen LogP) is 1.91. The van der Waals surface area contributed by atoms with Crippen LogP contribution >= 0.6 is 0 Å². The molecule has 1 aliphatic heterocycles. The lowest BCUT2D eigenvalue weighted by Gasteiger charge is -2.40. The van der Waals surface area contributed by atoms with E-state index in [9.17, 15) is 9.59 Å². The summed E-state index contributed by atoms with van der Waals surface area (Å²) in [6.45, 7) is 2.18. The van der Waals surface area contributed by atoms with Crippen molar-refractivity contribution in [1.29, 1.82) is 0 Å². The Morgan fingerprint density at radius 2 is 1.81 bits per heavy atom. The van der Waals surface area contributed by atoms with Gasteiger partial charge in [0.05, 0.1) is 17.6 Å². The molecule has 0 spiro atoms. The number of aromatic nitrogens is 2. The highest BCUT2D eigenvalue weighted by atomic mass is 16.2. The van der Waals surface area contributed by atoms with Crippen LogP contribution in [0.5, 0.6) is 0 Å². The van der Waals surface area contributed by atoms with E-state index in [-0.39, 0.29) is 24.1 Å². The summed E-state index contributed by atoms with van der Waals surface area (Å²) < 4.78 is 1.27. The molecular formula is C21H22N4O2. The Kier molecular flexibility index (Phi) is 4.73. The second-order valence-corrected chi connectivity index (χ2v) is 6.97. The normalized spacial score (nSPS) is 18.0. The van der Waals surface area contributed by atoms with E-state index in [2.05, 4.69) is 17.0 Å². The van der Waals surface area contributed by atoms with Crippen LogP contribution < -0.4 is 5.56 Å². The zero-order chi connectivity index (χ0) is 18.8. The number of nitrogens with zero attached hydrogens (tertiary/aromatic N) is 4. The molecule has 1 atom stereocenters. The molecule has 2 heterocycles. The van der Waals surface area contributed by atoms with E-state index in [4.69, 9.17) is 0 Å². The lowest BCUT2D eigenvalue weighted by molar-refractivity contribution is -0.137. The van der Waals surface area contributed by atoms with Gasteiger partial charge in [0.1, 0.15) is 6.54 Å². The van der Waals surface area contributed by atoms with Gasteiger partial charge in [0.15, 0.2) is 0 Å². The lowest BCUT2D eigenvalue weighted by atomic mass is 10.0. The number of carbonyl (C=O) groups excluding carboxylic acids is 1. The molecule has 1 aromatic heterocycles. The Balaban J connectivity index is 1.61. The molecule has 0 aliphatic carbocycles. The molecule has 0 saturated carbocycles. The Morgan fingerprint density at radius 1 is 1.07 bits per heavy atom. The summed E-state index contributed by atoms with van der Waals surface area (Å²) in [5.74, 6) is -0.0816. The highest BCUT2D eigenvalue weighted by molar-refractivity contribution is 5.81. The van der Waals surface area contributed by atoms with Gasteiger partial charge in [-0.2, -0.15) is 5.10 Å². The summed E-state index contributed by atoms with van der Waals surface area (Å²) in [5.41, 5.74) is 0.878. The molecule has 0 radical (unpaired) electrons. The first-order chi connectivity index (χ1) is 13.1. The molecule has 6 heteroatoms. The molecule has 3 aromatic rings. The number of benzene rings is 2. The van der Waals surface area contributed by atoms with Crippen molar-refractivity contribution in [3.05, 3.63) is 76.7 Å². The first-order valence-corrected chi connectivity index (χ1v) is 9.11. The first-order valence-electron chi connectivity index (χ1n) is 9.11. The smallest absolute Gasteiger partial charge is 0.275 e. The minimum absolute atomic E-state index is 0.0198. The van der Waals surface area contributed by atoms with Gasteiger partial charge >= 0.3 is 0 Å². The average molecular weight is 362 g/mol. The van der Waals surface area contributed by atoms with Crippen molar-refractivity contribution < 1.29 is 4.79 Å². The zero-order valence-corrected chi connectivity index (χ0v) is 15.3. The molecule has 138 valence electrons. The third kappa shape index (κ3) is 3.48. The maximum Gasteiger partial charge on any atom is 0.275 e. The van der Waals surface area contributed by atoms with Gasteiger partial charge in [0.2, 0.25) is 5.91 Å². The van der Waals surface area contributed by atoms with E-state index < -0.39 is 0 Å². The van der Waals surface area contributed by atoms with Gasteiger partial charge in [-0.05, 0) is 18.7 Å². The fraction of sp³-hybridized carbons (Fsp3) is 0.286. The fourth-order valence-electron chi connectivity index (χ4n) is 3.64. The molecule has 0 N–H and O–H groups in total. The molecule has 0 unspecified atom stereocenters. The number of hydrogen-bond acceptors (Lipinski definition) is 4. The SMILES string of the molecule is CN1CCN(C(=O)Cn2ncc3ccccc3c2=O)[C@H](c2ccccc2)C1. The van der Waals surface area contributed by atoms with E-state index in [0.29, 0.717) is 11.9 Å². The number of carbonyl (C=O) groups is 1. The van der Waals surface area contributed by atoms with Gasteiger partial charge < -0.3 is 9.80 Å². The van der Waals surface area contributed by atoms with Crippen LogP contribution in [-0.2, 0) is 11.3 Å². The molecule has 6 nitrogen and oxygen atoms in total. The number of rotatable bonds is 3. The second-order valence-electron chi connectivity index (χ2n) is 6.97. The largest absolute Gasteiger partial charge is 0.331 e. The van der Waals surface area contributed by atoms with Crippen LogP contribution in [0.3, 0.4) is 0 Å². The molecule has 2 aromatic carbocycles. The zero-order valence-electron chi connectivity index (χ0n) is 15.3. The number of hydrogen-bond donors (Lipinski definition) is 0. The molecule has 27 heavy (non-hydrogen) atoms. The molecule has 0 bridgehead atoms. The summed E-state index contributed by atoms with van der Waals surface area (Å²) in [4.78, 5) is 29.8. The van der Waals surface area contributed by atoms with Gasteiger partial charge in [0.25, 0.3) is 5.56 Å².